The lowest BCUT2D eigenvalue weighted by atomic mass is 10.0. The van der Waals surface area contributed by atoms with Crippen molar-refractivity contribution in [2.24, 2.45) is 0 Å². The lowest BCUT2D eigenvalue weighted by Gasteiger charge is -2.29. The number of benzene rings is 2. The number of anilines is 1. The molecule has 2 heterocycles. The van der Waals surface area contributed by atoms with Crippen LogP contribution in [0.25, 0.3) is 27.7 Å². The van der Waals surface area contributed by atoms with Gasteiger partial charge in [-0.05, 0) is 48.0 Å². The second-order valence-electron chi connectivity index (χ2n) is 8.26. The number of morpholine rings is 1. The fraction of sp³-hybridized carbons (Fsp3) is 0.320. The fourth-order valence-corrected chi connectivity index (χ4v) is 5.08. The minimum Gasteiger partial charge on any atom is -0.456 e. The van der Waals surface area contributed by atoms with Crippen LogP contribution in [0.3, 0.4) is 0 Å². The molecule has 0 spiro atoms. The number of nitrogens with one attached hydrogen (secondary N) is 1. The molecule has 1 atom stereocenters. The van der Waals surface area contributed by atoms with Gasteiger partial charge in [0.25, 0.3) is 10.0 Å². The first kappa shape index (κ1) is 24.9. The van der Waals surface area contributed by atoms with E-state index in [-0.39, 0.29) is 11.3 Å². The van der Waals surface area contributed by atoms with Crippen molar-refractivity contribution in [3.63, 3.8) is 0 Å². The van der Waals surface area contributed by atoms with Gasteiger partial charge in [-0.15, -0.1) is 0 Å². The van der Waals surface area contributed by atoms with E-state index in [4.69, 9.17) is 14.3 Å². The molecule has 1 aliphatic rings. The second kappa shape index (κ2) is 10.6. The first-order chi connectivity index (χ1) is 16.8. The SMILES string of the molecule is C/C(=C(/C#N)S(=O)(=O)NCC(O)CO)c1ccc(-c2ccc3cc(N4CCOCC4)ccc3c2)o1. The molecule has 4 rings (SSSR count). The molecule has 1 saturated heterocycles. The molecule has 10 heteroatoms. The number of fused-ring (bicyclic) bond motifs is 1. The number of hydrogen-bond donors (Lipinski definition) is 3. The van der Waals surface area contributed by atoms with Crippen LogP contribution in [0.2, 0.25) is 0 Å². The monoisotopic (exact) mass is 497 g/mol. The van der Waals surface area contributed by atoms with Crippen LogP contribution in [0, 0.1) is 11.3 Å². The molecule has 0 bridgehead atoms. The zero-order valence-corrected chi connectivity index (χ0v) is 20.1. The predicted molar refractivity (Wildman–Crippen MR) is 133 cm³/mol. The number of furan rings is 1. The van der Waals surface area contributed by atoms with E-state index in [0.717, 1.165) is 48.3 Å². The topological polar surface area (TPSA) is 136 Å². The average molecular weight is 498 g/mol. The van der Waals surface area contributed by atoms with Gasteiger partial charge >= 0.3 is 0 Å². The van der Waals surface area contributed by atoms with Crippen LogP contribution in [0.1, 0.15) is 12.7 Å². The van der Waals surface area contributed by atoms with Crippen molar-refractivity contribution >= 4 is 32.1 Å². The van der Waals surface area contributed by atoms with E-state index in [1.165, 1.54) is 6.92 Å². The van der Waals surface area contributed by atoms with Crippen LogP contribution in [0.15, 0.2) is 57.9 Å². The van der Waals surface area contributed by atoms with Gasteiger partial charge in [-0.1, -0.05) is 18.2 Å². The van der Waals surface area contributed by atoms with E-state index in [9.17, 15) is 18.8 Å². The van der Waals surface area contributed by atoms with E-state index < -0.39 is 34.2 Å². The number of hydrogen-bond acceptors (Lipinski definition) is 8. The molecule has 2 aromatic carbocycles. The van der Waals surface area contributed by atoms with Crippen LogP contribution in [-0.2, 0) is 14.8 Å². The number of nitrogens with zero attached hydrogens (tertiary/aromatic N) is 2. The highest BCUT2D eigenvalue weighted by Gasteiger charge is 2.23. The Morgan fingerprint density at radius 2 is 1.86 bits per heavy atom. The first-order valence-electron chi connectivity index (χ1n) is 11.2. The number of sulfonamides is 1. The van der Waals surface area contributed by atoms with Gasteiger partial charge in [0.2, 0.25) is 0 Å². The Kier molecular flexibility index (Phi) is 7.54. The van der Waals surface area contributed by atoms with Gasteiger partial charge in [0.1, 0.15) is 17.6 Å². The Hall–Kier alpha value is -3.20. The summed E-state index contributed by atoms with van der Waals surface area (Å²) in [5.74, 6) is 0.782. The Morgan fingerprint density at radius 1 is 1.14 bits per heavy atom. The normalized spacial score (nSPS) is 16.1. The summed E-state index contributed by atoms with van der Waals surface area (Å²) in [5.41, 5.74) is 2.11. The quantitative estimate of drug-likeness (QED) is 0.404. The first-order valence-corrected chi connectivity index (χ1v) is 12.7. The predicted octanol–water partition coefficient (Wildman–Crippen LogP) is 2.46. The van der Waals surface area contributed by atoms with Gasteiger partial charge in [-0.2, -0.15) is 5.26 Å². The average Bonchev–Trinajstić information content (AvgIpc) is 3.38. The molecule has 184 valence electrons. The van der Waals surface area contributed by atoms with Crippen LogP contribution in [0.5, 0.6) is 0 Å². The van der Waals surface area contributed by atoms with E-state index in [1.807, 2.05) is 18.2 Å². The molecule has 0 aliphatic carbocycles. The van der Waals surface area contributed by atoms with Crippen LogP contribution in [0.4, 0.5) is 5.69 Å². The molecule has 0 amide bonds. The van der Waals surface area contributed by atoms with E-state index in [2.05, 4.69) is 27.8 Å². The van der Waals surface area contributed by atoms with Crippen LogP contribution >= 0.6 is 0 Å². The highest BCUT2D eigenvalue weighted by molar-refractivity contribution is 7.93. The summed E-state index contributed by atoms with van der Waals surface area (Å²) >= 11 is 0. The summed E-state index contributed by atoms with van der Waals surface area (Å²) in [5, 5.41) is 29.9. The summed E-state index contributed by atoms with van der Waals surface area (Å²) in [6.07, 6.45) is -1.27. The minimum absolute atomic E-state index is 0.140. The van der Waals surface area contributed by atoms with Gasteiger partial charge in [0.05, 0.1) is 25.9 Å². The van der Waals surface area contributed by atoms with Crippen molar-refractivity contribution in [3.8, 4) is 17.4 Å². The maximum absolute atomic E-state index is 12.5. The molecule has 0 radical (unpaired) electrons. The van der Waals surface area contributed by atoms with E-state index in [1.54, 1.807) is 18.2 Å². The van der Waals surface area contributed by atoms with Gasteiger partial charge in [-0.3, -0.25) is 0 Å². The van der Waals surface area contributed by atoms with Gasteiger partial charge < -0.3 is 24.3 Å². The summed E-state index contributed by atoms with van der Waals surface area (Å²) in [6.45, 7) is 3.64. The molecule has 3 N–H and O–H groups in total. The summed E-state index contributed by atoms with van der Waals surface area (Å²) in [7, 11) is -4.20. The Morgan fingerprint density at radius 3 is 2.57 bits per heavy atom. The van der Waals surface area contributed by atoms with Crippen molar-refractivity contribution in [1.82, 2.24) is 4.72 Å². The lowest BCUT2D eigenvalue weighted by molar-refractivity contribution is 0.0989. The standard InChI is InChI=1S/C25H27N3O6S/c1-17(25(14-26)35(31,32)27-15-22(30)16-29)23-6-7-24(34-23)20-3-2-19-13-21(5-4-18(19)12-20)28-8-10-33-11-9-28/h2-7,12-13,22,27,29-30H,8-11,15-16H2,1H3/b25-17+. The summed E-state index contributed by atoms with van der Waals surface area (Å²) < 4.78 is 38.5. The largest absolute Gasteiger partial charge is 0.456 e. The molecule has 0 saturated carbocycles. The van der Waals surface area contributed by atoms with Crippen molar-refractivity contribution in [2.45, 2.75) is 13.0 Å². The zero-order chi connectivity index (χ0) is 25.0. The molecule has 1 unspecified atom stereocenters. The number of aliphatic hydroxyl groups excluding tert-OH is 2. The lowest BCUT2D eigenvalue weighted by Crippen LogP contribution is -2.36. The molecule has 3 aromatic rings. The number of aliphatic hydroxyl groups is 2. The number of rotatable bonds is 8. The van der Waals surface area contributed by atoms with Crippen molar-refractivity contribution in [3.05, 3.63) is 59.2 Å². The van der Waals surface area contributed by atoms with E-state index in [0.29, 0.717) is 5.76 Å². The number of ether oxygens (including phenoxy) is 1. The number of nitriles is 1. The maximum Gasteiger partial charge on any atom is 0.251 e. The zero-order valence-electron chi connectivity index (χ0n) is 19.3. The van der Waals surface area contributed by atoms with Crippen molar-refractivity contribution in [1.29, 1.82) is 5.26 Å². The Bertz CT molecular complexity index is 1380. The highest BCUT2D eigenvalue weighted by Crippen LogP contribution is 2.31. The third-order valence-corrected chi connectivity index (χ3v) is 7.37. The van der Waals surface area contributed by atoms with Crippen LogP contribution in [-0.4, -0.2) is 64.2 Å². The molecule has 1 aliphatic heterocycles. The molecular formula is C25H27N3O6S. The maximum atomic E-state index is 12.5. The van der Waals surface area contributed by atoms with Gasteiger partial charge in [-0.25, -0.2) is 13.1 Å². The molecule has 9 nitrogen and oxygen atoms in total. The van der Waals surface area contributed by atoms with Crippen molar-refractivity contribution in [2.75, 3.05) is 44.4 Å². The smallest absolute Gasteiger partial charge is 0.251 e. The highest BCUT2D eigenvalue weighted by atomic mass is 32.2. The summed E-state index contributed by atoms with van der Waals surface area (Å²) in [6, 6.07) is 17.3. The van der Waals surface area contributed by atoms with Crippen molar-refractivity contribution < 1.29 is 27.8 Å². The molecule has 1 aromatic heterocycles. The molecular weight excluding hydrogens is 470 g/mol. The fourth-order valence-electron chi connectivity index (χ4n) is 3.90. The minimum atomic E-state index is -4.20. The number of allylic oxidation sites excluding steroid dienone is 2. The Labute approximate surface area is 203 Å². The molecule has 35 heavy (non-hydrogen) atoms. The van der Waals surface area contributed by atoms with E-state index >= 15 is 0 Å². The Balaban J connectivity index is 1.59. The molecule has 1 fully saturated rings. The third kappa shape index (κ3) is 5.56. The van der Waals surface area contributed by atoms with Gasteiger partial charge in [0, 0.05) is 36.5 Å². The third-order valence-electron chi connectivity index (χ3n) is 5.89. The van der Waals surface area contributed by atoms with Gasteiger partial charge in [0.15, 0.2) is 4.91 Å². The van der Waals surface area contributed by atoms with Crippen LogP contribution < -0.4 is 9.62 Å². The summed E-state index contributed by atoms with van der Waals surface area (Å²) in [4.78, 5) is 1.78. The second-order valence-corrected chi connectivity index (χ2v) is 9.97.